The number of oxime groups is 1. The van der Waals surface area contributed by atoms with E-state index in [9.17, 15) is 4.79 Å². The van der Waals surface area contributed by atoms with Crippen LogP contribution >= 0.6 is 11.3 Å². The number of ether oxygens (including phenoxy) is 1. The molecule has 1 fully saturated rings. The van der Waals surface area contributed by atoms with Gasteiger partial charge in [-0.05, 0) is 45.7 Å². The zero-order valence-corrected chi connectivity index (χ0v) is 19.1. The van der Waals surface area contributed by atoms with Crippen molar-refractivity contribution >= 4 is 23.0 Å². The minimum Gasteiger partial charge on any atom is -0.490 e. The highest BCUT2D eigenvalue weighted by Crippen LogP contribution is 2.32. The zero-order valence-electron chi connectivity index (χ0n) is 18.2. The first-order valence-corrected chi connectivity index (χ1v) is 11.6. The lowest BCUT2D eigenvalue weighted by Crippen LogP contribution is -2.38. The number of hydrogen-bond donors (Lipinski definition) is 0. The molecule has 0 radical (unpaired) electrons. The largest absolute Gasteiger partial charge is 0.490 e. The number of rotatable bonds is 6. The average molecular weight is 444 g/mol. The molecule has 7 nitrogen and oxygen atoms in total. The highest BCUT2D eigenvalue weighted by atomic mass is 32.1. The Morgan fingerprint density at radius 2 is 1.97 bits per heavy atom. The molecule has 0 bridgehead atoms. The Bertz CT molecular complexity index is 914. The lowest BCUT2D eigenvalue weighted by atomic mass is 9.97. The van der Waals surface area contributed by atoms with E-state index in [1.165, 1.54) is 0 Å². The van der Waals surface area contributed by atoms with Crippen molar-refractivity contribution < 1.29 is 19.2 Å². The van der Waals surface area contributed by atoms with Crippen molar-refractivity contribution in [3.05, 3.63) is 46.4 Å². The molecule has 1 unspecified atom stereocenters. The number of carbonyl (C=O) groups excluding carboxylic acids is 1. The molecule has 1 atom stereocenters. The van der Waals surface area contributed by atoms with Crippen molar-refractivity contribution in [1.82, 2.24) is 10.0 Å². The number of thiazole rings is 1. The van der Waals surface area contributed by atoms with Gasteiger partial charge in [0.15, 0.2) is 6.10 Å². The summed E-state index contributed by atoms with van der Waals surface area (Å²) in [6.45, 7) is 7.52. The number of piperidine rings is 1. The molecule has 0 amide bonds. The Morgan fingerprint density at radius 3 is 2.68 bits per heavy atom. The van der Waals surface area contributed by atoms with Crippen molar-refractivity contribution in [3.63, 3.8) is 0 Å². The quantitative estimate of drug-likeness (QED) is 0.659. The summed E-state index contributed by atoms with van der Waals surface area (Å²) < 4.78 is 5.78. The molecule has 0 aliphatic carbocycles. The van der Waals surface area contributed by atoms with Crippen LogP contribution < -0.4 is 4.74 Å². The second-order valence-electron chi connectivity index (χ2n) is 9.00. The van der Waals surface area contributed by atoms with Gasteiger partial charge in [0.25, 0.3) is 0 Å². The van der Waals surface area contributed by atoms with Gasteiger partial charge in [-0.15, -0.1) is 16.4 Å². The molecule has 0 saturated carbocycles. The third kappa shape index (κ3) is 5.62. The van der Waals surface area contributed by atoms with E-state index < -0.39 is 5.41 Å². The highest BCUT2D eigenvalue weighted by Gasteiger charge is 2.30. The van der Waals surface area contributed by atoms with Gasteiger partial charge in [-0.2, -0.15) is 0 Å². The first-order chi connectivity index (χ1) is 14.9. The third-order valence-corrected chi connectivity index (χ3v) is 6.36. The standard InChI is InChI=1S/C23H29N3O4S/c1-23(2,3)22(27)30-26-11-9-16(10-12-26)21-24-20(15-31-21)19-13-18(29-25-19)14-28-17-7-5-4-6-8-17/h4-8,15-16,18H,9-14H2,1-3H3. The van der Waals surface area contributed by atoms with Gasteiger partial charge in [0, 0.05) is 30.8 Å². The Balaban J connectivity index is 1.25. The van der Waals surface area contributed by atoms with E-state index in [1.54, 1.807) is 16.4 Å². The molecule has 0 N–H and O–H groups in total. The van der Waals surface area contributed by atoms with E-state index in [0.29, 0.717) is 18.9 Å². The maximum absolute atomic E-state index is 12.1. The van der Waals surface area contributed by atoms with Gasteiger partial charge in [-0.25, -0.2) is 9.78 Å². The lowest BCUT2D eigenvalue weighted by Gasteiger charge is -2.31. The van der Waals surface area contributed by atoms with E-state index in [0.717, 1.165) is 48.1 Å². The van der Waals surface area contributed by atoms with Crippen molar-refractivity contribution in [2.45, 2.75) is 52.1 Å². The second-order valence-corrected chi connectivity index (χ2v) is 9.89. The molecule has 166 valence electrons. The zero-order chi connectivity index (χ0) is 21.8. The van der Waals surface area contributed by atoms with Crippen LogP contribution in [-0.2, 0) is 14.5 Å². The average Bonchev–Trinajstić information content (AvgIpc) is 3.43. The molecular formula is C23H29N3O4S. The predicted octanol–water partition coefficient (Wildman–Crippen LogP) is 4.40. The molecule has 1 saturated heterocycles. The van der Waals surface area contributed by atoms with Crippen molar-refractivity contribution in [2.75, 3.05) is 19.7 Å². The summed E-state index contributed by atoms with van der Waals surface area (Å²) in [5.41, 5.74) is 1.28. The smallest absolute Gasteiger partial charge is 0.330 e. The summed E-state index contributed by atoms with van der Waals surface area (Å²) in [7, 11) is 0. The van der Waals surface area contributed by atoms with Crippen LogP contribution in [0, 0.1) is 5.41 Å². The van der Waals surface area contributed by atoms with E-state index in [1.807, 2.05) is 51.1 Å². The molecule has 3 heterocycles. The van der Waals surface area contributed by atoms with Crippen LogP contribution in [0.25, 0.3) is 0 Å². The first kappa shape index (κ1) is 21.8. The van der Waals surface area contributed by atoms with Gasteiger partial charge in [0.2, 0.25) is 0 Å². The fourth-order valence-electron chi connectivity index (χ4n) is 3.43. The van der Waals surface area contributed by atoms with E-state index in [-0.39, 0.29) is 12.1 Å². The maximum Gasteiger partial charge on any atom is 0.330 e. The molecule has 8 heteroatoms. The van der Waals surface area contributed by atoms with Gasteiger partial charge >= 0.3 is 5.97 Å². The van der Waals surface area contributed by atoms with Gasteiger partial charge in [0.1, 0.15) is 18.1 Å². The molecule has 2 aliphatic rings. The summed E-state index contributed by atoms with van der Waals surface area (Å²) in [6, 6.07) is 9.71. The summed E-state index contributed by atoms with van der Waals surface area (Å²) in [4.78, 5) is 28.0. The number of benzene rings is 1. The fraction of sp³-hybridized carbons (Fsp3) is 0.522. The number of nitrogens with zero attached hydrogens (tertiary/aromatic N) is 3. The Kier molecular flexibility index (Phi) is 6.57. The Hall–Kier alpha value is -2.45. The molecule has 1 aromatic heterocycles. The van der Waals surface area contributed by atoms with Crippen LogP contribution in [0.1, 0.15) is 56.7 Å². The summed E-state index contributed by atoms with van der Waals surface area (Å²) >= 11 is 1.67. The van der Waals surface area contributed by atoms with Crippen LogP contribution in [0.2, 0.25) is 0 Å². The fourth-order valence-corrected chi connectivity index (χ4v) is 4.43. The normalized spacial score (nSPS) is 20.2. The molecule has 2 aromatic rings. The predicted molar refractivity (Wildman–Crippen MR) is 119 cm³/mol. The lowest BCUT2D eigenvalue weighted by molar-refractivity contribution is -0.204. The molecule has 0 spiro atoms. The molecule has 2 aliphatic heterocycles. The van der Waals surface area contributed by atoms with Crippen LogP contribution in [0.5, 0.6) is 5.75 Å². The van der Waals surface area contributed by atoms with Crippen LogP contribution in [0.3, 0.4) is 0 Å². The van der Waals surface area contributed by atoms with E-state index in [2.05, 4.69) is 10.5 Å². The SMILES string of the molecule is CC(C)(C)C(=O)ON1CCC(c2nc(C3=NOC(COc4ccccc4)C3)cs2)CC1. The first-order valence-electron chi connectivity index (χ1n) is 10.7. The minimum absolute atomic E-state index is 0.0962. The third-order valence-electron chi connectivity index (χ3n) is 5.36. The Morgan fingerprint density at radius 1 is 1.23 bits per heavy atom. The number of hydrogen-bond acceptors (Lipinski definition) is 8. The maximum atomic E-state index is 12.1. The van der Waals surface area contributed by atoms with Crippen molar-refractivity contribution in [2.24, 2.45) is 10.6 Å². The number of hydroxylamine groups is 2. The van der Waals surface area contributed by atoms with Crippen molar-refractivity contribution in [3.8, 4) is 5.75 Å². The summed E-state index contributed by atoms with van der Waals surface area (Å²) in [5.74, 6) is 1.02. The van der Waals surface area contributed by atoms with E-state index in [4.69, 9.17) is 19.4 Å². The second kappa shape index (κ2) is 9.36. The van der Waals surface area contributed by atoms with Gasteiger partial charge in [-0.3, -0.25) is 0 Å². The molecule has 4 rings (SSSR count). The molecular weight excluding hydrogens is 414 g/mol. The van der Waals surface area contributed by atoms with E-state index >= 15 is 0 Å². The summed E-state index contributed by atoms with van der Waals surface area (Å²) in [6.07, 6.45) is 2.43. The summed E-state index contributed by atoms with van der Waals surface area (Å²) in [5, 5.41) is 9.20. The molecule has 1 aromatic carbocycles. The van der Waals surface area contributed by atoms with Gasteiger partial charge in [-0.1, -0.05) is 23.4 Å². The number of para-hydroxylation sites is 1. The van der Waals surface area contributed by atoms with Crippen LogP contribution in [-0.4, -0.2) is 47.5 Å². The van der Waals surface area contributed by atoms with Crippen LogP contribution in [0.4, 0.5) is 0 Å². The van der Waals surface area contributed by atoms with Crippen LogP contribution in [0.15, 0.2) is 40.9 Å². The highest BCUT2D eigenvalue weighted by molar-refractivity contribution is 7.10. The number of aromatic nitrogens is 1. The Labute approximate surface area is 187 Å². The number of carbonyl (C=O) groups is 1. The van der Waals surface area contributed by atoms with Gasteiger partial charge < -0.3 is 14.4 Å². The minimum atomic E-state index is -0.491. The van der Waals surface area contributed by atoms with Crippen molar-refractivity contribution in [1.29, 1.82) is 0 Å². The topological polar surface area (TPSA) is 73.2 Å². The monoisotopic (exact) mass is 443 g/mol. The molecule has 31 heavy (non-hydrogen) atoms. The van der Waals surface area contributed by atoms with Gasteiger partial charge in [0.05, 0.1) is 16.1 Å².